The number of aromatic nitrogens is 1. The lowest BCUT2D eigenvalue weighted by molar-refractivity contribution is -0.123. The molecule has 130 valence electrons. The number of carbonyl (C=O) groups is 1. The van der Waals surface area contributed by atoms with Crippen molar-refractivity contribution in [2.24, 2.45) is 5.10 Å². The molecule has 0 aliphatic heterocycles. The average molecular weight is 357 g/mol. The van der Waals surface area contributed by atoms with Crippen LogP contribution in [-0.2, 0) is 4.79 Å². The quantitative estimate of drug-likeness (QED) is 0.579. The van der Waals surface area contributed by atoms with Crippen LogP contribution in [0.3, 0.4) is 0 Å². The zero-order valence-corrected chi connectivity index (χ0v) is 14.9. The molecule has 0 saturated carbocycles. The van der Waals surface area contributed by atoms with Crippen molar-refractivity contribution in [1.82, 2.24) is 10.4 Å². The summed E-state index contributed by atoms with van der Waals surface area (Å²) in [5.74, 6) is -0.0343. The van der Waals surface area contributed by atoms with Crippen molar-refractivity contribution in [2.75, 3.05) is 24.6 Å². The minimum absolute atomic E-state index is 0.219. The van der Waals surface area contributed by atoms with E-state index in [-0.39, 0.29) is 6.61 Å². The monoisotopic (exact) mass is 357 g/mol. The van der Waals surface area contributed by atoms with Crippen LogP contribution in [0.5, 0.6) is 5.75 Å². The van der Waals surface area contributed by atoms with Crippen LogP contribution in [0.15, 0.2) is 35.6 Å². The minimum atomic E-state index is -0.405. The van der Waals surface area contributed by atoms with Crippen molar-refractivity contribution < 1.29 is 9.53 Å². The Labute approximate surface area is 150 Å². The van der Waals surface area contributed by atoms with Crippen molar-refractivity contribution in [3.63, 3.8) is 0 Å². The summed E-state index contributed by atoms with van der Waals surface area (Å²) in [6.45, 7) is 5.70. The molecule has 1 aromatic heterocycles. The molecule has 1 N–H and O–H groups in total. The molecular weight excluding hydrogens is 338 g/mol. The Morgan fingerprint density at radius 1 is 1.44 bits per heavy atom. The summed E-state index contributed by atoms with van der Waals surface area (Å²) < 4.78 is 5.33. The van der Waals surface area contributed by atoms with Crippen molar-refractivity contribution in [2.45, 2.75) is 13.8 Å². The molecule has 2 aromatic rings. The molecule has 1 amide bonds. The number of nitrogens with zero attached hydrogens (tertiary/aromatic N) is 4. The fraction of sp³-hybridized carbons (Fsp3) is 0.294. The van der Waals surface area contributed by atoms with Crippen LogP contribution in [0.4, 0.5) is 5.13 Å². The Hall–Kier alpha value is -2.92. The van der Waals surface area contributed by atoms with Crippen molar-refractivity contribution in [1.29, 1.82) is 5.26 Å². The summed E-state index contributed by atoms with van der Waals surface area (Å²) in [5.41, 5.74) is 2.78. The van der Waals surface area contributed by atoms with Gasteiger partial charge in [-0.1, -0.05) is 23.5 Å². The molecule has 1 heterocycles. The number of nitrogens with one attached hydrogen (secondary N) is 1. The molecule has 0 aliphatic carbocycles. The zero-order valence-electron chi connectivity index (χ0n) is 14.1. The maximum absolute atomic E-state index is 11.8. The van der Waals surface area contributed by atoms with E-state index in [2.05, 4.69) is 34.3 Å². The number of para-hydroxylation sites is 1. The van der Waals surface area contributed by atoms with Crippen LogP contribution < -0.4 is 15.1 Å². The van der Waals surface area contributed by atoms with Gasteiger partial charge in [-0.25, -0.2) is 10.4 Å². The Kier molecular flexibility index (Phi) is 6.92. The average Bonchev–Trinajstić information content (AvgIpc) is 3.10. The molecule has 0 radical (unpaired) electrons. The number of benzene rings is 1. The van der Waals surface area contributed by atoms with Crippen LogP contribution in [0.2, 0.25) is 0 Å². The van der Waals surface area contributed by atoms with Gasteiger partial charge in [-0.2, -0.15) is 10.4 Å². The van der Waals surface area contributed by atoms with Crippen molar-refractivity contribution >= 4 is 28.6 Å². The third-order valence-electron chi connectivity index (χ3n) is 3.29. The molecule has 2 rings (SSSR count). The van der Waals surface area contributed by atoms with Gasteiger partial charge < -0.3 is 9.64 Å². The SMILES string of the molecule is CCN(CC)c1ncc(/C=N\NC(=O)COc2ccccc2C#N)s1. The lowest BCUT2D eigenvalue weighted by Gasteiger charge is -2.16. The number of amides is 1. The van der Waals surface area contributed by atoms with E-state index in [0.717, 1.165) is 23.1 Å². The minimum Gasteiger partial charge on any atom is -0.482 e. The van der Waals surface area contributed by atoms with Crippen LogP contribution in [0.1, 0.15) is 24.3 Å². The molecule has 7 nitrogen and oxygen atoms in total. The van der Waals surface area contributed by atoms with Gasteiger partial charge in [0.15, 0.2) is 11.7 Å². The largest absolute Gasteiger partial charge is 0.482 e. The molecule has 8 heteroatoms. The van der Waals surface area contributed by atoms with Gasteiger partial charge in [-0.15, -0.1) is 0 Å². The van der Waals surface area contributed by atoms with E-state index in [1.165, 1.54) is 11.3 Å². The number of hydrogen-bond acceptors (Lipinski definition) is 7. The molecule has 0 unspecified atom stereocenters. The molecule has 0 spiro atoms. The molecule has 25 heavy (non-hydrogen) atoms. The van der Waals surface area contributed by atoms with E-state index in [1.54, 1.807) is 36.7 Å². The summed E-state index contributed by atoms with van der Waals surface area (Å²) in [6, 6.07) is 8.75. The molecule has 0 aliphatic rings. The summed E-state index contributed by atoms with van der Waals surface area (Å²) in [7, 11) is 0. The Morgan fingerprint density at radius 3 is 2.92 bits per heavy atom. The Balaban J connectivity index is 1.84. The lowest BCUT2D eigenvalue weighted by Crippen LogP contribution is -2.24. The highest BCUT2D eigenvalue weighted by Crippen LogP contribution is 2.20. The first-order chi connectivity index (χ1) is 12.2. The van der Waals surface area contributed by atoms with Crippen LogP contribution in [-0.4, -0.2) is 36.8 Å². The number of hydrazone groups is 1. The molecule has 0 bridgehead atoms. The fourth-order valence-corrected chi connectivity index (χ4v) is 2.92. The fourth-order valence-electron chi connectivity index (χ4n) is 2.01. The van der Waals surface area contributed by atoms with Gasteiger partial charge in [-0.3, -0.25) is 4.79 Å². The number of nitriles is 1. The van der Waals surface area contributed by atoms with E-state index in [9.17, 15) is 4.79 Å². The molecule has 1 aromatic carbocycles. The molecule has 0 saturated heterocycles. The second kappa shape index (κ2) is 9.39. The third kappa shape index (κ3) is 5.29. The predicted molar refractivity (Wildman–Crippen MR) is 98.1 cm³/mol. The highest BCUT2D eigenvalue weighted by molar-refractivity contribution is 7.17. The van der Waals surface area contributed by atoms with Gasteiger partial charge in [0.25, 0.3) is 5.91 Å². The van der Waals surface area contributed by atoms with Gasteiger partial charge in [0.05, 0.1) is 16.7 Å². The second-order valence-electron chi connectivity index (χ2n) is 4.91. The zero-order chi connectivity index (χ0) is 18.1. The summed E-state index contributed by atoms with van der Waals surface area (Å²) in [5, 5.41) is 13.8. The van der Waals surface area contributed by atoms with Gasteiger partial charge in [0, 0.05) is 19.3 Å². The Bertz CT molecular complexity index is 777. The first kappa shape index (κ1) is 18.4. The smallest absolute Gasteiger partial charge is 0.277 e. The molecule has 0 fully saturated rings. The van der Waals surface area contributed by atoms with E-state index in [1.807, 2.05) is 6.07 Å². The van der Waals surface area contributed by atoms with Gasteiger partial charge in [-0.05, 0) is 26.0 Å². The molecular formula is C17H19N5O2S. The Morgan fingerprint density at radius 2 is 2.20 bits per heavy atom. The number of hydrogen-bond donors (Lipinski definition) is 1. The number of anilines is 1. The number of ether oxygens (including phenoxy) is 1. The van der Waals surface area contributed by atoms with E-state index in [4.69, 9.17) is 10.00 Å². The van der Waals surface area contributed by atoms with E-state index in [0.29, 0.717) is 11.3 Å². The molecule has 0 atom stereocenters. The van der Waals surface area contributed by atoms with Crippen LogP contribution in [0.25, 0.3) is 0 Å². The highest BCUT2D eigenvalue weighted by atomic mass is 32.1. The second-order valence-corrected chi connectivity index (χ2v) is 5.95. The third-order valence-corrected chi connectivity index (χ3v) is 4.29. The summed E-state index contributed by atoms with van der Waals surface area (Å²) >= 11 is 1.50. The van der Waals surface area contributed by atoms with E-state index >= 15 is 0 Å². The maximum atomic E-state index is 11.8. The predicted octanol–water partition coefficient (Wildman–Crippen LogP) is 2.39. The van der Waals surface area contributed by atoms with Crippen LogP contribution >= 0.6 is 11.3 Å². The highest BCUT2D eigenvalue weighted by Gasteiger charge is 2.07. The summed E-state index contributed by atoms with van der Waals surface area (Å²) in [4.78, 5) is 19.1. The lowest BCUT2D eigenvalue weighted by atomic mass is 10.2. The first-order valence-corrected chi connectivity index (χ1v) is 8.64. The maximum Gasteiger partial charge on any atom is 0.277 e. The number of rotatable bonds is 8. The van der Waals surface area contributed by atoms with E-state index < -0.39 is 5.91 Å². The normalized spacial score (nSPS) is 10.4. The van der Waals surface area contributed by atoms with Crippen LogP contribution in [0, 0.1) is 11.3 Å². The van der Waals surface area contributed by atoms with Gasteiger partial charge >= 0.3 is 0 Å². The first-order valence-electron chi connectivity index (χ1n) is 7.82. The van der Waals surface area contributed by atoms with Crippen molar-refractivity contribution in [3.8, 4) is 11.8 Å². The van der Waals surface area contributed by atoms with Gasteiger partial charge in [0.2, 0.25) is 0 Å². The standard InChI is InChI=1S/C17H19N5O2S/c1-3-22(4-2)17-19-10-14(25-17)11-20-21-16(23)12-24-15-8-6-5-7-13(15)9-18/h5-8,10-11H,3-4,12H2,1-2H3,(H,21,23)/b20-11-. The number of carbonyl (C=O) groups excluding carboxylic acids is 1. The van der Waals surface area contributed by atoms with Gasteiger partial charge in [0.1, 0.15) is 11.8 Å². The number of thiazole rings is 1. The van der Waals surface area contributed by atoms with Crippen molar-refractivity contribution in [3.05, 3.63) is 40.9 Å². The summed E-state index contributed by atoms with van der Waals surface area (Å²) in [6.07, 6.45) is 3.26. The topological polar surface area (TPSA) is 90.6 Å².